The van der Waals surface area contributed by atoms with Crippen molar-refractivity contribution in [3.63, 3.8) is 0 Å². The molecule has 0 spiro atoms. The fourth-order valence-corrected chi connectivity index (χ4v) is 2.70. The third-order valence-electron chi connectivity index (χ3n) is 3.27. The fourth-order valence-electron chi connectivity index (χ4n) is 2.01. The van der Waals surface area contributed by atoms with Crippen molar-refractivity contribution in [1.29, 1.82) is 0 Å². The Bertz CT molecular complexity index is 801. The molecule has 0 fully saturated rings. The molecule has 0 aliphatic rings. The van der Waals surface area contributed by atoms with Gasteiger partial charge in [0, 0.05) is 24.0 Å². The van der Waals surface area contributed by atoms with Crippen LogP contribution in [-0.2, 0) is 28.7 Å². The summed E-state index contributed by atoms with van der Waals surface area (Å²) in [5, 5.41) is 12.7. The van der Waals surface area contributed by atoms with Gasteiger partial charge in [0.05, 0.1) is 24.0 Å². The summed E-state index contributed by atoms with van der Waals surface area (Å²) in [5.41, 5.74) is 1.62. The van der Waals surface area contributed by atoms with Crippen LogP contribution >= 0.6 is 11.6 Å². The Hall–Kier alpha value is -2.03. The highest BCUT2D eigenvalue weighted by Crippen LogP contribution is 2.20. The number of benzene rings is 1. The molecule has 0 aliphatic heterocycles. The van der Waals surface area contributed by atoms with E-state index in [2.05, 4.69) is 15.3 Å². The van der Waals surface area contributed by atoms with Gasteiger partial charge in [-0.05, 0) is 24.1 Å². The number of aliphatic hydroxyl groups is 1. The van der Waals surface area contributed by atoms with Crippen LogP contribution in [0.3, 0.4) is 0 Å². The second kappa shape index (κ2) is 8.89. The van der Waals surface area contributed by atoms with Crippen LogP contribution in [0.15, 0.2) is 29.6 Å². The number of rotatable bonds is 7. The first-order valence-electron chi connectivity index (χ1n) is 7.45. The lowest BCUT2D eigenvalue weighted by molar-refractivity contribution is 0.0526. The summed E-state index contributed by atoms with van der Waals surface area (Å²) >= 11 is 6.07. The molecule has 2 aromatic rings. The molecule has 134 valence electrons. The van der Waals surface area contributed by atoms with Gasteiger partial charge in [0.2, 0.25) is 5.16 Å². The van der Waals surface area contributed by atoms with Gasteiger partial charge in [-0.1, -0.05) is 23.7 Å². The van der Waals surface area contributed by atoms with Crippen LogP contribution in [0.4, 0.5) is 5.82 Å². The maximum Gasteiger partial charge on any atom is 0.343 e. The number of esters is 1. The predicted octanol–water partition coefficient (Wildman–Crippen LogP) is 2.15. The minimum absolute atomic E-state index is 0.115. The average molecular weight is 384 g/mol. The van der Waals surface area contributed by atoms with Crippen LogP contribution in [0.5, 0.6) is 0 Å². The van der Waals surface area contributed by atoms with E-state index >= 15 is 0 Å². The average Bonchev–Trinajstić information content (AvgIpc) is 2.60. The summed E-state index contributed by atoms with van der Waals surface area (Å²) in [7, 11) is -1.38. The van der Waals surface area contributed by atoms with E-state index < -0.39 is 16.8 Å². The largest absolute Gasteiger partial charge is 0.462 e. The SMILES string of the molecule is CCOC(=O)c1cnc(S(C)=O)nc1NCc1ccc(CO)c(Cl)c1. The first-order chi connectivity index (χ1) is 12.0. The molecule has 0 saturated heterocycles. The molecule has 7 nitrogen and oxygen atoms in total. The molecule has 0 radical (unpaired) electrons. The number of hydrogen-bond donors (Lipinski definition) is 2. The number of aromatic nitrogens is 2. The van der Waals surface area contributed by atoms with E-state index in [1.807, 2.05) is 0 Å². The van der Waals surface area contributed by atoms with E-state index in [4.69, 9.17) is 21.4 Å². The summed E-state index contributed by atoms with van der Waals surface area (Å²) < 4.78 is 16.6. The molecular formula is C16H18ClN3O4S. The minimum atomic E-state index is -1.38. The molecule has 0 bridgehead atoms. The Morgan fingerprint density at radius 2 is 2.20 bits per heavy atom. The number of ether oxygens (including phenoxy) is 1. The lowest BCUT2D eigenvalue weighted by Gasteiger charge is -2.12. The highest BCUT2D eigenvalue weighted by molar-refractivity contribution is 7.84. The molecule has 0 amide bonds. The Morgan fingerprint density at radius 3 is 2.80 bits per heavy atom. The van der Waals surface area contributed by atoms with Crippen LogP contribution in [0.1, 0.15) is 28.4 Å². The fraction of sp³-hybridized carbons (Fsp3) is 0.312. The molecule has 1 atom stereocenters. The highest BCUT2D eigenvalue weighted by Gasteiger charge is 2.17. The molecule has 2 rings (SSSR count). The van der Waals surface area contributed by atoms with Crippen LogP contribution in [0.25, 0.3) is 0 Å². The van der Waals surface area contributed by atoms with Gasteiger partial charge in [-0.2, -0.15) is 0 Å². The van der Waals surface area contributed by atoms with Gasteiger partial charge in [-0.25, -0.2) is 14.8 Å². The van der Waals surface area contributed by atoms with Crippen molar-refractivity contribution >= 4 is 34.2 Å². The third kappa shape index (κ3) is 4.97. The lowest BCUT2D eigenvalue weighted by atomic mass is 10.1. The maximum absolute atomic E-state index is 12.0. The van der Waals surface area contributed by atoms with Crippen LogP contribution in [0, 0.1) is 0 Å². The summed E-state index contributed by atoms with van der Waals surface area (Å²) in [6.07, 6.45) is 2.75. The number of carbonyl (C=O) groups excluding carboxylic acids is 1. The number of aliphatic hydroxyl groups excluding tert-OH is 1. The second-order valence-corrected chi connectivity index (χ2v) is 6.71. The predicted molar refractivity (Wildman–Crippen MR) is 95.0 cm³/mol. The van der Waals surface area contributed by atoms with Crippen molar-refractivity contribution in [1.82, 2.24) is 9.97 Å². The van der Waals surface area contributed by atoms with E-state index in [9.17, 15) is 9.00 Å². The van der Waals surface area contributed by atoms with Crippen molar-refractivity contribution < 1.29 is 18.8 Å². The minimum Gasteiger partial charge on any atom is -0.462 e. The Labute approximate surface area is 152 Å². The van der Waals surface area contributed by atoms with Crippen molar-refractivity contribution in [3.05, 3.63) is 46.1 Å². The van der Waals surface area contributed by atoms with Gasteiger partial charge in [0.25, 0.3) is 0 Å². The van der Waals surface area contributed by atoms with E-state index in [-0.39, 0.29) is 29.8 Å². The summed E-state index contributed by atoms with van der Waals surface area (Å²) in [4.78, 5) is 20.1. The number of hydrogen-bond acceptors (Lipinski definition) is 7. The molecular weight excluding hydrogens is 366 g/mol. The van der Waals surface area contributed by atoms with Crippen molar-refractivity contribution in [2.45, 2.75) is 25.2 Å². The quantitative estimate of drug-likeness (QED) is 0.558. The Kier molecular flexibility index (Phi) is 6.86. The standard InChI is InChI=1S/C16H18ClN3O4S/c1-3-24-15(22)12-8-19-16(25(2)23)20-14(12)18-7-10-4-5-11(9-21)13(17)6-10/h4-6,8,21H,3,7,9H2,1-2H3,(H,18,19,20). The third-order valence-corrected chi connectivity index (χ3v) is 4.33. The van der Waals surface area contributed by atoms with Crippen molar-refractivity contribution in [2.75, 3.05) is 18.2 Å². The topological polar surface area (TPSA) is 101 Å². The molecule has 0 saturated carbocycles. The zero-order valence-corrected chi connectivity index (χ0v) is 15.4. The number of nitrogens with zero attached hydrogens (tertiary/aromatic N) is 2. The van der Waals surface area contributed by atoms with Gasteiger partial charge in [0.15, 0.2) is 0 Å². The maximum atomic E-state index is 12.0. The van der Waals surface area contributed by atoms with Gasteiger partial charge in [-0.3, -0.25) is 4.21 Å². The number of halogens is 1. The number of anilines is 1. The van der Waals surface area contributed by atoms with Gasteiger partial charge >= 0.3 is 5.97 Å². The van der Waals surface area contributed by atoms with E-state index in [0.29, 0.717) is 17.1 Å². The van der Waals surface area contributed by atoms with Crippen LogP contribution in [-0.4, -0.2) is 38.1 Å². The molecule has 1 aromatic carbocycles. The smallest absolute Gasteiger partial charge is 0.343 e. The van der Waals surface area contributed by atoms with Gasteiger partial charge < -0.3 is 15.2 Å². The van der Waals surface area contributed by atoms with E-state index in [0.717, 1.165) is 5.56 Å². The summed E-state index contributed by atoms with van der Waals surface area (Å²) in [6.45, 7) is 2.10. The van der Waals surface area contributed by atoms with E-state index in [1.165, 1.54) is 12.5 Å². The van der Waals surface area contributed by atoms with Crippen LogP contribution in [0.2, 0.25) is 5.02 Å². The zero-order chi connectivity index (χ0) is 18.4. The monoisotopic (exact) mass is 383 g/mol. The first-order valence-corrected chi connectivity index (χ1v) is 9.39. The molecule has 25 heavy (non-hydrogen) atoms. The van der Waals surface area contributed by atoms with Crippen molar-refractivity contribution in [3.8, 4) is 0 Å². The molecule has 9 heteroatoms. The summed E-state index contributed by atoms with van der Waals surface area (Å²) in [5.74, 6) is -0.326. The normalized spacial score (nSPS) is 11.8. The number of nitrogens with one attached hydrogen (secondary N) is 1. The summed E-state index contributed by atoms with van der Waals surface area (Å²) in [6, 6.07) is 5.23. The molecule has 1 unspecified atom stereocenters. The molecule has 2 N–H and O–H groups in total. The molecule has 1 heterocycles. The van der Waals surface area contributed by atoms with Gasteiger partial charge in [0.1, 0.15) is 11.4 Å². The molecule has 0 aliphatic carbocycles. The van der Waals surface area contributed by atoms with Gasteiger partial charge in [-0.15, -0.1) is 0 Å². The van der Waals surface area contributed by atoms with Crippen molar-refractivity contribution in [2.24, 2.45) is 0 Å². The zero-order valence-electron chi connectivity index (χ0n) is 13.8. The first kappa shape index (κ1) is 19.3. The lowest BCUT2D eigenvalue weighted by Crippen LogP contribution is -2.14. The Balaban J connectivity index is 2.26. The second-order valence-electron chi connectivity index (χ2n) is 5.03. The number of carbonyl (C=O) groups is 1. The Morgan fingerprint density at radius 1 is 1.44 bits per heavy atom. The molecule has 1 aromatic heterocycles. The van der Waals surface area contributed by atoms with Crippen LogP contribution < -0.4 is 5.32 Å². The van der Waals surface area contributed by atoms with E-state index in [1.54, 1.807) is 25.1 Å². The highest BCUT2D eigenvalue weighted by atomic mass is 35.5.